The molecule has 0 bridgehead atoms. The molecule has 0 amide bonds. The van der Waals surface area contributed by atoms with Gasteiger partial charge in [-0.3, -0.25) is 9.78 Å². The van der Waals surface area contributed by atoms with Crippen molar-refractivity contribution in [1.82, 2.24) is 20.0 Å². The second-order valence-electron chi connectivity index (χ2n) is 4.90. The minimum atomic E-state index is 0.669. The smallest absolute Gasteiger partial charge is 0.160 e. The molecule has 0 atom stereocenters. The Morgan fingerprint density at radius 3 is 2.95 bits per heavy atom. The van der Waals surface area contributed by atoms with E-state index in [2.05, 4.69) is 20.6 Å². The number of aromatic amines is 1. The van der Waals surface area contributed by atoms with E-state index in [0.717, 1.165) is 33.3 Å². The Bertz CT molecular complexity index is 953. The van der Waals surface area contributed by atoms with Crippen molar-refractivity contribution < 1.29 is 0 Å². The molecule has 0 radical (unpaired) electrons. The molecule has 5 nitrogen and oxygen atoms in total. The van der Waals surface area contributed by atoms with Crippen LogP contribution in [-0.2, 0) is 7.05 Å². The zero-order valence-corrected chi connectivity index (χ0v) is 12.0. The number of halogens is 1. The number of hydrogen-bond acceptors (Lipinski definition) is 3. The highest BCUT2D eigenvalue weighted by molar-refractivity contribution is 6.35. The SMILES string of the molecule is Cn1ncc2c(Cl)cc(Nc3n[nH]c4ccccc34)cc21. The highest BCUT2D eigenvalue weighted by Gasteiger charge is 2.09. The van der Waals surface area contributed by atoms with E-state index in [1.807, 2.05) is 43.4 Å². The van der Waals surface area contributed by atoms with Gasteiger partial charge in [-0.2, -0.15) is 10.2 Å². The lowest BCUT2D eigenvalue weighted by Gasteiger charge is -2.06. The molecule has 6 heteroatoms. The Labute approximate surface area is 125 Å². The summed E-state index contributed by atoms with van der Waals surface area (Å²) in [6.45, 7) is 0. The van der Waals surface area contributed by atoms with Crippen LogP contribution in [-0.4, -0.2) is 20.0 Å². The summed E-state index contributed by atoms with van der Waals surface area (Å²) in [6, 6.07) is 11.9. The molecule has 0 aliphatic heterocycles. The molecule has 4 aromatic rings. The Morgan fingerprint density at radius 2 is 2.05 bits per heavy atom. The third-order valence-corrected chi connectivity index (χ3v) is 3.86. The van der Waals surface area contributed by atoms with E-state index in [0.29, 0.717) is 5.02 Å². The van der Waals surface area contributed by atoms with Gasteiger partial charge in [0, 0.05) is 23.5 Å². The van der Waals surface area contributed by atoms with Crippen LogP contribution in [0.1, 0.15) is 0 Å². The molecule has 0 saturated carbocycles. The zero-order chi connectivity index (χ0) is 14.4. The molecule has 104 valence electrons. The lowest BCUT2D eigenvalue weighted by Crippen LogP contribution is -1.94. The lowest BCUT2D eigenvalue weighted by atomic mass is 10.2. The summed E-state index contributed by atoms with van der Waals surface area (Å²) in [6.07, 6.45) is 1.77. The van der Waals surface area contributed by atoms with Crippen molar-refractivity contribution in [2.45, 2.75) is 0 Å². The average Bonchev–Trinajstić information content (AvgIpc) is 3.05. The number of benzene rings is 2. The third kappa shape index (κ3) is 1.94. The molecule has 0 spiro atoms. The molecule has 2 aromatic carbocycles. The van der Waals surface area contributed by atoms with Crippen LogP contribution in [0.25, 0.3) is 21.8 Å². The maximum Gasteiger partial charge on any atom is 0.160 e. The fourth-order valence-electron chi connectivity index (χ4n) is 2.47. The summed E-state index contributed by atoms with van der Waals surface area (Å²) < 4.78 is 1.80. The van der Waals surface area contributed by atoms with E-state index in [4.69, 9.17) is 11.6 Å². The first-order valence-electron chi connectivity index (χ1n) is 6.54. The van der Waals surface area contributed by atoms with Crippen LogP contribution in [0.3, 0.4) is 0 Å². The van der Waals surface area contributed by atoms with Crippen LogP contribution in [0.2, 0.25) is 5.02 Å². The van der Waals surface area contributed by atoms with Crippen LogP contribution in [0.4, 0.5) is 11.5 Å². The molecule has 0 saturated heterocycles. The minimum absolute atomic E-state index is 0.669. The molecule has 2 heterocycles. The molecule has 0 unspecified atom stereocenters. The molecule has 21 heavy (non-hydrogen) atoms. The standard InChI is InChI=1S/C15H12ClN5/c1-21-14-7-9(6-12(16)11(14)8-17-21)18-15-10-4-2-3-5-13(10)19-20-15/h2-8H,1H3,(H2,18,19,20). The molecule has 0 aliphatic carbocycles. The summed E-state index contributed by atoms with van der Waals surface area (Å²) >= 11 is 6.31. The number of fused-ring (bicyclic) bond motifs is 2. The van der Waals surface area contributed by atoms with E-state index in [-0.39, 0.29) is 0 Å². The number of anilines is 2. The van der Waals surface area contributed by atoms with Crippen LogP contribution in [0, 0.1) is 0 Å². The van der Waals surface area contributed by atoms with Gasteiger partial charge < -0.3 is 5.32 Å². The van der Waals surface area contributed by atoms with E-state index in [9.17, 15) is 0 Å². The van der Waals surface area contributed by atoms with Crippen molar-refractivity contribution in [3.05, 3.63) is 47.6 Å². The average molecular weight is 298 g/mol. The first-order chi connectivity index (χ1) is 10.2. The summed E-state index contributed by atoms with van der Waals surface area (Å²) in [5.41, 5.74) is 2.85. The number of rotatable bonds is 2. The second-order valence-corrected chi connectivity index (χ2v) is 5.31. The highest BCUT2D eigenvalue weighted by Crippen LogP contribution is 2.30. The number of nitrogens with zero attached hydrogens (tertiary/aromatic N) is 3. The highest BCUT2D eigenvalue weighted by atomic mass is 35.5. The number of hydrogen-bond donors (Lipinski definition) is 2. The van der Waals surface area contributed by atoms with Crippen LogP contribution in [0.15, 0.2) is 42.6 Å². The third-order valence-electron chi connectivity index (χ3n) is 3.55. The predicted octanol–water partition coefficient (Wildman–Crippen LogP) is 3.85. The van der Waals surface area contributed by atoms with Gasteiger partial charge in [0.25, 0.3) is 0 Å². The molecule has 0 fully saturated rings. The van der Waals surface area contributed by atoms with Crippen molar-refractivity contribution in [3.63, 3.8) is 0 Å². The first-order valence-corrected chi connectivity index (χ1v) is 6.91. The van der Waals surface area contributed by atoms with E-state index < -0.39 is 0 Å². The van der Waals surface area contributed by atoms with Crippen LogP contribution in [0.5, 0.6) is 0 Å². The Balaban J connectivity index is 1.82. The van der Waals surface area contributed by atoms with Gasteiger partial charge in [0.2, 0.25) is 0 Å². The number of nitrogens with one attached hydrogen (secondary N) is 2. The molecule has 0 aliphatic rings. The summed E-state index contributed by atoms with van der Waals surface area (Å²) in [5.74, 6) is 0.781. The van der Waals surface area contributed by atoms with Crippen molar-refractivity contribution in [1.29, 1.82) is 0 Å². The van der Waals surface area contributed by atoms with Gasteiger partial charge in [-0.05, 0) is 24.3 Å². The monoisotopic (exact) mass is 297 g/mol. The molecular weight excluding hydrogens is 286 g/mol. The zero-order valence-electron chi connectivity index (χ0n) is 11.3. The van der Waals surface area contributed by atoms with E-state index in [1.54, 1.807) is 10.9 Å². The fraction of sp³-hybridized carbons (Fsp3) is 0.0667. The van der Waals surface area contributed by atoms with E-state index in [1.165, 1.54) is 0 Å². The van der Waals surface area contributed by atoms with Crippen molar-refractivity contribution in [2.75, 3.05) is 5.32 Å². The van der Waals surface area contributed by atoms with Gasteiger partial charge >= 0.3 is 0 Å². The van der Waals surface area contributed by atoms with Gasteiger partial charge in [0.15, 0.2) is 5.82 Å². The topological polar surface area (TPSA) is 58.5 Å². The van der Waals surface area contributed by atoms with Gasteiger partial charge in [-0.15, -0.1) is 0 Å². The van der Waals surface area contributed by atoms with Crippen LogP contribution >= 0.6 is 11.6 Å². The maximum atomic E-state index is 6.31. The maximum absolute atomic E-state index is 6.31. The lowest BCUT2D eigenvalue weighted by molar-refractivity contribution is 0.797. The van der Waals surface area contributed by atoms with Gasteiger partial charge in [-0.1, -0.05) is 23.7 Å². The predicted molar refractivity (Wildman–Crippen MR) is 85.1 cm³/mol. The second kappa shape index (κ2) is 4.49. The quantitative estimate of drug-likeness (QED) is 0.591. The fourth-order valence-corrected chi connectivity index (χ4v) is 2.74. The molecule has 4 rings (SSSR count). The van der Waals surface area contributed by atoms with Crippen molar-refractivity contribution >= 4 is 44.9 Å². The molecule has 2 N–H and O–H groups in total. The molecular formula is C15H12ClN5. The van der Waals surface area contributed by atoms with Gasteiger partial charge in [0.1, 0.15) is 0 Å². The van der Waals surface area contributed by atoms with E-state index >= 15 is 0 Å². The normalized spacial score (nSPS) is 11.3. The summed E-state index contributed by atoms with van der Waals surface area (Å²) in [5, 5.41) is 17.5. The number of para-hydroxylation sites is 1. The van der Waals surface area contributed by atoms with Crippen LogP contribution < -0.4 is 5.32 Å². The largest absolute Gasteiger partial charge is 0.338 e. The molecule has 2 aromatic heterocycles. The summed E-state index contributed by atoms with van der Waals surface area (Å²) in [4.78, 5) is 0. The van der Waals surface area contributed by atoms with Crippen molar-refractivity contribution in [2.24, 2.45) is 7.05 Å². The minimum Gasteiger partial charge on any atom is -0.338 e. The number of H-pyrrole nitrogens is 1. The Morgan fingerprint density at radius 1 is 1.19 bits per heavy atom. The summed E-state index contributed by atoms with van der Waals surface area (Å²) in [7, 11) is 1.90. The first kappa shape index (κ1) is 12.2. The number of aromatic nitrogens is 4. The van der Waals surface area contributed by atoms with Gasteiger partial charge in [0.05, 0.1) is 22.3 Å². The number of aryl methyl sites for hydroxylation is 1. The van der Waals surface area contributed by atoms with Crippen molar-refractivity contribution in [3.8, 4) is 0 Å². The van der Waals surface area contributed by atoms with Gasteiger partial charge in [-0.25, -0.2) is 0 Å². The Kier molecular flexibility index (Phi) is 2.62. The Hall–Kier alpha value is -2.53.